The number of aliphatic hydroxyl groups is 1. The molecule has 0 spiro atoms. The second-order valence-electron chi connectivity index (χ2n) is 4.56. The van der Waals surface area contributed by atoms with Crippen LogP contribution >= 0.6 is 23.2 Å². The maximum absolute atomic E-state index is 9.98. The Labute approximate surface area is 128 Å². The van der Waals surface area contributed by atoms with Crippen molar-refractivity contribution in [1.82, 2.24) is 0 Å². The second-order valence-corrected chi connectivity index (χ2v) is 5.37. The number of para-hydroxylation sites is 1. The fraction of sp³-hybridized carbons (Fsp3) is 0.250. The molecule has 0 radical (unpaired) electrons. The van der Waals surface area contributed by atoms with Crippen molar-refractivity contribution in [2.24, 2.45) is 0 Å². The Hall–Kier alpha value is -1.22. The number of benzene rings is 2. The zero-order chi connectivity index (χ0) is 14.4. The minimum atomic E-state index is -0.462. The van der Waals surface area contributed by atoms with Crippen LogP contribution in [0.3, 0.4) is 0 Å². The van der Waals surface area contributed by atoms with E-state index < -0.39 is 6.10 Å². The van der Waals surface area contributed by atoms with Crippen molar-refractivity contribution in [2.45, 2.75) is 18.9 Å². The fourth-order valence-electron chi connectivity index (χ4n) is 1.87. The van der Waals surface area contributed by atoms with Gasteiger partial charge in [-0.3, -0.25) is 0 Å². The van der Waals surface area contributed by atoms with Gasteiger partial charge in [-0.1, -0.05) is 47.5 Å². The van der Waals surface area contributed by atoms with Crippen LogP contribution < -0.4 is 4.74 Å². The van der Waals surface area contributed by atoms with Gasteiger partial charge in [0, 0.05) is 6.42 Å². The molecule has 0 amide bonds. The van der Waals surface area contributed by atoms with E-state index in [4.69, 9.17) is 27.9 Å². The Bertz CT molecular complexity index is 543. The van der Waals surface area contributed by atoms with E-state index in [1.54, 1.807) is 12.1 Å². The van der Waals surface area contributed by atoms with Gasteiger partial charge in [-0.05, 0) is 36.2 Å². The molecule has 20 heavy (non-hydrogen) atoms. The van der Waals surface area contributed by atoms with Crippen LogP contribution in [-0.2, 0) is 6.42 Å². The summed E-state index contributed by atoms with van der Waals surface area (Å²) in [5, 5.41) is 11.0. The molecule has 2 aromatic carbocycles. The molecule has 1 N–H and O–H groups in total. The van der Waals surface area contributed by atoms with Crippen LogP contribution in [0.15, 0.2) is 48.5 Å². The molecule has 0 heterocycles. The first-order valence-electron chi connectivity index (χ1n) is 6.45. The topological polar surface area (TPSA) is 29.5 Å². The lowest BCUT2D eigenvalue weighted by Crippen LogP contribution is -2.14. The Morgan fingerprint density at radius 3 is 2.45 bits per heavy atom. The van der Waals surface area contributed by atoms with Gasteiger partial charge in [-0.2, -0.15) is 0 Å². The fourth-order valence-corrected chi connectivity index (χ4v) is 2.19. The van der Waals surface area contributed by atoms with Gasteiger partial charge in [-0.15, -0.1) is 0 Å². The maximum atomic E-state index is 9.98. The molecule has 2 nitrogen and oxygen atoms in total. The minimum Gasteiger partial charge on any atom is -0.493 e. The Morgan fingerprint density at radius 1 is 1.00 bits per heavy atom. The van der Waals surface area contributed by atoms with Gasteiger partial charge < -0.3 is 9.84 Å². The Morgan fingerprint density at radius 2 is 1.75 bits per heavy atom. The van der Waals surface area contributed by atoms with Gasteiger partial charge in [0.25, 0.3) is 0 Å². The average Bonchev–Trinajstić information content (AvgIpc) is 2.44. The van der Waals surface area contributed by atoms with Gasteiger partial charge >= 0.3 is 0 Å². The van der Waals surface area contributed by atoms with Gasteiger partial charge in [0.1, 0.15) is 5.75 Å². The number of ether oxygens (including phenoxy) is 1. The predicted octanol–water partition coefficient (Wildman–Crippen LogP) is 4.37. The molecule has 1 unspecified atom stereocenters. The summed E-state index contributed by atoms with van der Waals surface area (Å²) in [5.74, 6) is 0.814. The summed E-state index contributed by atoms with van der Waals surface area (Å²) in [6.45, 7) is 0.479. The third-order valence-electron chi connectivity index (χ3n) is 2.92. The van der Waals surface area contributed by atoms with E-state index in [0.717, 1.165) is 11.3 Å². The summed E-state index contributed by atoms with van der Waals surface area (Å²) in [5.41, 5.74) is 0.964. The molecule has 0 bridgehead atoms. The highest BCUT2D eigenvalue weighted by Gasteiger charge is 2.07. The van der Waals surface area contributed by atoms with E-state index in [0.29, 0.717) is 29.5 Å². The van der Waals surface area contributed by atoms with Crippen LogP contribution in [-0.4, -0.2) is 17.8 Å². The standard InChI is InChI=1S/C16H16Cl2O2/c17-15-7-6-12(11-16(15)18)10-13(19)8-9-20-14-4-2-1-3-5-14/h1-7,11,13,19H,8-10H2. The average molecular weight is 311 g/mol. The maximum Gasteiger partial charge on any atom is 0.119 e. The SMILES string of the molecule is OC(CCOc1ccccc1)Cc1ccc(Cl)c(Cl)c1. The number of hydrogen-bond donors (Lipinski definition) is 1. The molecular formula is C16H16Cl2O2. The van der Waals surface area contributed by atoms with Crippen LogP contribution in [0, 0.1) is 0 Å². The summed E-state index contributed by atoms with van der Waals surface area (Å²) in [6.07, 6.45) is 0.639. The Kier molecular flexibility index (Phi) is 5.72. The van der Waals surface area contributed by atoms with E-state index in [-0.39, 0.29) is 0 Å². The van der Waals surface area contributed by atoms with Crippen molar-refractivity contribution in [3.05, 3.63) is 64.1 Å². The zero-order valence-electron chi connectivity index (χ0n) is 10.9. The molecule has 106 valence electrons. The number of halogens is 2. The first-order chi connectivity index (χ1) is 9.65. The summed E-state index contributed by atoms with van der Waals surface area (Å²) < 4.78 is 5.55. The van der Waals surface area contributed by atoms with Crippen molar-refractivity contribution in [3.63, 3.8) is 0 Å². The van der Waals surface area contributed by atoms with Crippen LogP contribution in [0.1, 0.15) is 12.0 Å². The molecule has 0 fully saturated rings. The van der Waals surface area contributed by atoms with Crippen molar-refractivity contribution in [2.75, 3.05) is 6.61 Å². The van der Waals surface area contributed by atoms with Crippen LogP contribution in [0.25, 0.3) is 0 Å². The predicted molar refractivity (Wildman–Crippen MR) is 82.7 cm³/mol. The highest BCUT2D eigenvalue weighted by atomic mass is 35.5. The largest absolute Gasteiger partial charge is 0.493 e. The lowest BCUT2D eigenvalue weighted by molar-refractivity contribution is 0.139. The van der Waals surface area contributed by atoms with Crippen LogP contribution in [0.5, 0.6) is 5.75 Å². The number of rotatable bonds is 6. The third-order valence-corrected chi connectivity index (χ3v) is 3.66. The van der Waals surface area contributed by atoms with E-state index in [2.05, 4.69) is 0 Å². The van der Waals surface area contributed by atoms with Gasteiger partial charge in [-0.25, -0.2) is 0 Å². The molecule has 0 saturated heterocycles. The van der Waals surface area contributed by atoms with E-state index >= 15 is 0 Å². The zero-order valence-corrected chi connectivity index (χ0v) is 12.4. The van der Waals surface area contributed by atoms with Crippen molar-refractivity contribution < 1.29 is 9.84 Å². The first-order valence-corrected chi connectivity index (χ1v) is 7.20. The van der Waals surface area contributed by atoms with Crippen molar-refractivity contribution >= 4 is 23.2 Å². The monoisotopic (exact) mass is 310 g/mol. The normalized spacial score (nSPS) is 12.2. The van der Waals surface area contributed by atoms with Crippen molar-refractivity contribution in [1.29, 1.82) is 0 Å². The Balaban J connectivity index is 1.77. The molecule has 2 rings (SSSR count). The molecule has 1 atom stereocenters. The second kappa shape index (κ2) is 7.53. The highest BCUT2D eigenvalue weighted by molar-refractivity contribution is 6.42. The first kappa shape index (κ1) is 15.2. The highest BCUT2D eigenvalue weighted by Crippen LogP contribution is 2.23. The molecule has 0 aromatic heterocycles. The number of hydrogen-bond acceptors (Lipinski definition) is 2. The smallest absolute Gasteiger partial charge is 0.119 e. The molecular weight excluding hydrogens is 295 g/mol. The van der Waals surface area contributed by atoms with Crippen LogP contribution in [0.4, 0.5) is 0 Å². The number of aliphatic hydroxyl groups excluding tert-OH is 1. The summed E-state index contributed by atoms with van der Waals surface area (Å²) >= 11 is 11.8. The van der Waals surface area contributed by atoms with Gasteiger partial charge in [0.15, 0.2) is 0 Å². The molecule has 0 aliphatic heterocycles. The lowest BCUT2D eigenvalue weighted by Gasteiger charge is -2.12. The van der Waals surface area contributed by atoms with Crippen LogP contribution in [0.2, 0.25) is 10.0 Å². The summed E-state index contributed by atoms with van der Waals surface area (Å²) in [7, 11) is 0. The summed E-state index contributed by atoms with van der Waals surface area (Å²) in [6, 6.07) is 15.0. The molecule has 2 aromatic rings. The molecule has 0 aliphatic rings. The molecule has 0 aliphatic carbocycles. The van der Waals surface area contributed by atoms with Gasteiger partial charge in [0.05, 0.1) is 22.8 Å². The summed E-state index contributed by atoms with van der Waals surface area (Å²) in [4.78, 5) is 0. The minimum absolute atomic E-state index is 0.462. The molecule has 4 heteroatoms. The van der Waals surface area contributed by atoms with E-state index in [1.165, 1.54) is 0 Å². The molecule has 0 saturated carbocycles. The third kappa shape index (κ3) is 4.71. The lowest BCUT2D eigenvalue weighted by atomic mass is 10.1. The van der Waals surface area contributed by atoms with E-state index in [1.807, 2.05) is 36.4 Å². The van der Waals surface area contributed by atoms with E-state index in [9.17, 15) is 5.11 Å². The van der Waals surface area contributed by atoms with Gasteiger partial charge in [0.2, 0.25) is 0 Å². The van der Waals surface area contributed by atoms with Crippen molar-refractivity contribution in [3.8, 4) is 5.75 Å². The quantitative estimate of drug-likeness (QED) is 0.858.